The largest absolute Gasteiger partial charge is 0.391 e. The van der Waals surface area contributed by atoms with E-state index >= 15 is 0 Å². The van der Waals surface area contributed by atoms with Gasteiger partial charge in [0.2, 0.25) is 0 Å². The average Bonchev–Trinajstić information content (AvgIpc) is 2.85. The standard InChI is InChI=1S/C10H17N3O/c1-13-6-8(5-12-13)10(11)9(14)4-7-2-3-7/h5-7,9-10,14H,2-4,11H2,1H3. The number of nitrogens with zero attached hydrogens (tertiary/aromatic N) is 2. The molecule has 1 aromatic rings. The van der Waals surface area contributed by atoms with Gasteiger partial charge in [-0.3, -0.25) is 4.68 Å². The zero-order valence-corrected chi connectivity index (χ0v) is 8.43. The van der Waals surface area contributed by atoms with Gasteiger partial charge in [-0.2, -0.15) is 5.10 Å². The van der Waals surface area contributed by atoms with Crippen molar-refractivity contribution in [2.75, 3.05) is 0 Å². The van der Waals surface area contributed by atoms with Crippen LogP contribution in [0.3, 0.4) is 0 Å². The molecule has 0 amide bonds. The molecule has 4 nitrogen and oxygen atoms in total. The van der Waals surface area contributed by atoms with E-state index < -0.39 is 6.10 Å². The van der Waals surface area contributed by atoms with Crippen LogP contribution in [0.4, 0.5) is 0 Å². The van der Waals surface area contributed by atoms with Gasteiger partial charge in [0.25, 0.3) is 0 Å². The fourth-order valence-electron chi connectivity index (χ4n) is 1.68. The van der Waals surface area contributed by atoms with Crippen molar-refractivity contribution in [3.8, 4) is 0 Å². The van der Waals surface area contributed by atoms with Gasteiger partial charge >= 0.3 is 0 Å². The molecule has 0 aliphatic heterocycles. The number of aliphatic hydroxyl groups is 1. The molecule has 1 aliphatic carbocycles. The van der Waals surface area contributed by atoms with Crippen molar-refractivity contribution in [1.29, 1.82) is 0 Å². The molecule has 0 spiro atoms. The molecule has 1 saturated carbocycles. The molecule has 0 bridgehead atoms. The Labute approximate surface area is 83.7 Å². The molecular weight excluding hydrogens is 178 g/mol. The highest BCUT2D eigenvalue weighted by molar-refractivity contribution is 5.11. The van der Waals surface area contributed by atoms with Crippen molar-refractivity contribution in [1.82, 2.24) is 9.78 Å². The first kappa shape index (κ1) is 9.68. The van der Waals surface area contributed by atoms with Crippen LogP contribution in [0.5, 0.6) is 0 Å². The number of rotatable bonds is 4. The number of aliphatic hydroxyl groups excluding tert-OH is 1. The summed E-state index contributed by atoms with van der Waals surface area (Å²) in [5.74, 6) is 0.702. The molecule has 14 heavy (non-hydrogen) atoms. The predicted molar refractivity (Wildman–Crippen MR) is 53.5 cm³/mol. The van der Waals surface area contributed by atoms with E-state index in [0.29, 0.717) is 5.92 Å². The topological polar surface area (TPSA) is 64.1 Å². The highest BCUT2D eigenvalue weighted by atomic mass is 16.3. The summed E-state index contributed by atoms with van der Waals surface area (Å²) in [6.07, 6.45) is 6.48. The van der Waals surface area contributed by atoms with Gasteiger partial charge in [-0.05, 0) is 12.3 Å². The van der Waals surface area contributed by atoms with Gasteiger partial charge in [-0.15, -0.1) is 0 Å². The zero-order valence-electron chi connectivity index (χ0n) is 8.43. The molecule has 1 aromatic heterocycles. The van der Waals surface area contributed by atoms with Crippen LogP contribution in [0.15, 0.2) is 12.4 Å². The van der Waals surface area contributed by atoms with Crippen LogP contribution < -0.4 is 5.73 Å². The van der Waals surface area contributed by atoms with Gasteiger partial charge in [0.1, 0.15) is 0 Å². The summed E-state index contributed by atoms with van der Waals surface area (Å²) in [6.45, 7) is 0. The molecular formula is C10H17N3O. The van der Waals surface area contributed by atoms with Crippen LogP contribution in [-0.2, 0) is 7.05 Å². The maximum Gasteiger partial charge on any atom is 0.0736 e. The van der Waals surface area contributed by atoms with Crippen molar-refractivity contribution in [2.45, 2.75) is 31.4 Å². The quantitative estimate of drug-likeness (QED) is 0.738. The number of aryl methyl sites for hydroxylation is 1. The predicted octanol–water partition coefficient (Wildman–Crippen LogP) is 0.581. The van der Waals surface area contributed by atoms with Crippen molar-refractivity contribution >= 4 is 0 Å². The Bertz CT molecular complexity index is 306. The second kappa shape index (κ2) is 3.71. The Morgan fingerprint density at radius 1 is 1.71 bits per heavy atom. The summed E-state index contributed by atoms with van der Waals surface area (Å²) < 4.78 is 1.71. The van der Waals surface area contributed by atoms with Crippen LogP contribution in [0.25, 0.3) is 0 Å². The van der Waals surface area contributed by atoms with Gasteiger partial charge in [-0.25, -0.2) is 0 Å². The van der Waals surface area contributed by atoms with E-state index in [1.165, 1.54) is 12.8 Å². The van der Waals surface area contributed by atoms with Crippen LogP contribution >= 0.6 is 0 Å². The number of hydrogen-bond acceptors (Lipinski definition) is 3. The molecule has 78 valence electrons. The summed E-state index contributed by atoms with van der Waals surface area (Å²) in [5.41, 5.74) is 6.84. The second-order valence-corrected chi connectivity index (χ2v) is 4.22. The minimum atomic E-state index is -0.424. The minimum Gasteiger partial charge on any atom is -0.391 e. The van der Waals surface area contributed by atoms with Gasteiger partial charge in [0.05, 0.1) is 18.3 Å². The molecule has 2 unspecified atom stereocenters. The fraction of sp³-hybridized carbons (Fsp3) is 0.700. The third-order valence-corrected chi connectivity index (χ3v) is 2.80. The SMILES string of the molecule is Cn1cc(C(N)C(O)CC2CC2)cn1. The van der Waals surface area contributed by atoms with Crippen molar-refractivity contribution < 1.29 is 5.11 Å². The van der Waals surface area contributed by atoms with Crippen molar-refractivity contribution in [2.24, 2.45) is 18.7 Å². The first-order valence-corrected chi connectivity index (χ1v) is 5.09. The normalized spacial score (nSPS) is 20.8. The van der Waals surface area contributed by atoms with Crippen LogP contribution in [0.1, 0.15) is 30.9 Å². The minimum absolute atomic E-state index is 0.288. The first-order chi connectivity index (χ1) is 6.66. The maximum atomic E-state index is 9.83. The van der Waals surface area contributed by atoms with Crippen LogP contribution in [0.2, 0.25) is 0 Å². The number of aromatic nitrogens is 2. The summed E-state index contributed by atoms with van der Waals surface area (Å²) in [7, 11) is 1.85. The zero-order chi connectivity index (χ0) is 10.1. The summed E-state index contributed by atoms with van der Waals surface area (Å²) in [4.78, 5) is 0. The van der Waals surface area contributed by atoms with E-state index in [1.807, 2.05) is 13.2 Å². The molecule has 1 heterocycles. The van der Waals surface area contributed by atoms with Crippen LogP contribution in [-0.4, -0.2) is 21.0 Å². The van der Waals surface area contributed by atoms with E-state index in [9.17, 15) is 5.11 Å². The lowest BCUT2D eigenvalue weighted by Crippen LogP contribution is -2.26. The number of nitrogens with two attached hydrogens (primary N) is 1. The molecule has 0 aromatic carbocycles. The molecule has 3 N–H and O–H groups in total. The van der Waals surface area contributed by atoms with E-state index in [1.54, 1.807) is 10.9 Å². The monoisotopic (exact) mass is 195 g/mol. The highest BCUT2D eigenvalue weighted by Crippen LogP contribution is 2.35. The Morgan fingerprint density at radius 3 is 2.93 bits per heavy atom. The van der Waals surface area contributed by atoms with E-state index in [0.717, 1.165) is 12.0 Å². The molecule has 2 atom stereocenters. The van der Waals surface area contributed by atoms with Crippen molar-refractivity contribution in [3.05, 3.63) is 18.0 Å². The van der Waals surface area contributed by atoms with E-state index in [2.05, 4.69) is 5.10 Å². The lowest BCUT2D eigenvalue weighted by molar-refractivity contribution is 0.129. The van der Waals surface area contributed by atoms with Crippen molar-refractivity contribution in [3.63, 3.8) is 0 Å². The Morgan fingerprint density at radius 2 is 2.43 bits per heavy atom. The third-order valence-electron chi connectivity index (χ3n) is 2.80. The molecule has 1 aliphatic rings. The first-order valence-electron chi connectivity index (χ1n) is 5.09. The molecule has 0 saturated heterocycles. The fourth-order valence-corrected chi connectivity index (χ4v) is 1.68. The Kier molecular flexibility index (Phi) is 2.56. The summed E-state index contributed by atoms with van der Waals surface area (Å²) >= 11 is 0. The smallest absolute Gasteiger partial charge is 0.0736 e. The molecule has 0 radical (unpaired) electrons. The van der Waals surface area contributed by atoms with E-state index in [-0.39, 0.29) is 6.04 Å². The van der Waals surface area contributed by atoms with Gasteiger partial charge in [0.15, 0.2) is 0 Å². The number of hydrogen-bond donors (Lipinski definition) is 2. The van der Waals surface area contributed by atoms with Gasteiger partial charge < -0.3 is 10.8 Å². The summed E-state index contributed by atoms with van der Waals surface area (Å²) in [5, 5.41) is 13.9. The lowest BCUT2D eigenvalue weighted by Gasteiger charge is -2.16. The Hall–Kier alpha value is -0.870. The molecule has 1 fully saturated rings. The highest BCUT2D eigenvalue weighted by Gasteiger charge is 2.28. The summed E-state index contributed by atoms with van der Waals surface area (Å²) in [6, 6.07) is -0.288. The lowest BCUT2D eigenvalue weighted by atomic mass is 10.0. The maximum absolute atomic E-state index is 9.83. The van der Waals surface area contributed by atoms with Crippen LogP contribution in [0, 0.1) is 5.92 Å². The average molecular weight is 195 g/mol. The second-order valence-electron chi connectivity index (χ2n) is 4.22. The molecule has 4 heteroatoms. The van der Waals surface area contributed by atoms with Gasteiger partial charge in [0, 0.05) is 18.8 Å². The Balaban J connectivity index is 1.95. The third kappa shape index (κ3) is 2.13. The van der Waals surface area contributed by atoms with E-state index in [4.69, 9.17) is 5.73 Å². The van der Waals surface area contributed by atoms with Gasteiger partial charge in [-0.1, -0.05) is 12.8 Å². The molecule has 2 rings (SSSR count).